The van der Waals surface area contributed by atoms with Crippen LogP contribution in [0.15, 0.2) is 30.3 Å². The van der Waals surface area contributed by atoms with Gasteiger partial charge in [-0.3, -0.25) is 9.59 Å². The molecule has 9 nitrogen and oxygen atoms in total. The molecule has 0 aliphatic rings. The molecule has 0 spiro atoms. The summed E-state index contributed by atoms with van der Waals surface area (Å²) in [5.74, 6) is -0.930. The predicted molar refractivity (Wildman–Crippen MR) is 126 cm³/mol. The van der Waals surface area contributed by atoms with Gasteiger partial charge in [0.2, 0.25) is 5.91 Å². The van der Waals surface area contributed by atoms with Gasteiger partial charge in [0.15, 0.2) is 6.10 Å². The van der Waals surface area contributed by atoms with Crippen molar-refractivity contribution < 1.29 is 29.0 Å². The molecule has 186 valence electrons. The molecule has 33 heavy (non-hydrogen) atoms. The Hall–Kier alpha value is -2.65. The lowest BCUT2D eigenvalue weighted by atomic mass is 9.98. The van der Waals surface area contributed by atoms with Crippen molar-refractivity contribution in [1.82, 2.24) is 16.0 Å². The largest absolute Gasteiger partial charge is 0.447 e. The Morgan fingerprint density at radius 1 is 1.03 bits per heavy atom. The number of unbranched alkanes of at least 4 members (excludes halogenated alkanes) is 1. The highest BCUT2D eigenvalue weighted by molar-refractivity contribution is 5.87. The number of hydrogen-bond acceptors (Lipinski definition) is 6. The predicted octanol–water partition coefficient (Wildman–Crippen LogP) is 1.78. The van der Waals surface area contributed by atoms with Crippen LogP contribution in [-0.2, 0) is 25.5 Å². The third-order valence-corrected chi connectivity index (χ3v) is 4.94. The molecule has 9 heteroatoms. The van der Waals surface area contributed by atoms with Crippen LogP contribution in [0, 0.1) is 5.92 Å². The Balaban J connectivity index is 2.93. The molecular formula is C24H39N3O6. The molecular weight excluding hydrogens is 426 g/mol. The number of alkyl carbamates (subject to hydrolysis) is 1. The minimum atomic E-state index is -1.45. The average Bonchev–Trinajstić information content (AvgIpc) is 2.78. The number of nitrogens with one attached hydrogen (secondary N) is 3. The summed E-state index contributed by atoms with van der Waals surface area (Å²) < 4.78 is 9.87. The molecule has 0 aliphatic heterocycles. The monoisotopic (exact) mass is 465 g/mol. The van der Waals surface area contributed by atoms with E-state index in [1.165, 1.54) is 7.11 Å². The number of carbonyl (C=O) groups excluding carboxylic acids is 3. The Labute approximate surface area is 196 Å². The first-order valence-corrected chi connectivity index (χ1v) is 11.5. The molecule has 1 rings (SSSR count). The highest BCUT2D eigenvalue weighted by atomic mass is 16.6. The van der Waals surface area contributed by atoms with Crippen LogP contribution in [-0.4, -0.2) is 68.1 Å². The second kappa shape index (κ2) is 16.0. The van der Waals surface area contributed by atoms with E-state index in [1.807, 2.05) is 51.1 Å². The van der Waals surface area contributed by atoms with E-state index in [9.17, 15) is 19.5 Å². The van der Waals surface area contributed by atoms with Crippen LogP contribution in [0.25, 0.3) is 0 Å². The summed E-state index contributed by atoms with van der Waals surface area (Å²) in [5, 5.41) is 18.8. The minimum absolute atomic E-state index is 0.0611. The fraction of sp³-hybridized carbons (Fsp3) is 0.625. The second-order valence-corrected chi connectivity index (χ2v) is 8.35. The molecule has 3 unspecified atom stereocenters. The molecule has 0 saturated heterocycles. The maximum Gasteiger partial charge on any atom is 0.407 e. The van der Waals surface area contributed by atoms with Gasteiger partial charge < -0.3 is 30.5 Å². The van der Waals surface area contributed by atoms with Gasteiger partial charge in [0, 0.05) is 13.7 Å². The Morgan fingerprint density at radius 2 is 1.73 bits per heavy atom. The first-order chi connectivity index (χ1) is 15.8. The molecule has 0 bridgehead atoms. The number of aliphatic hydroxyl groups excluding tert-OH is 1. The lowest BCUT2D eigenvalue weighted by Gasteiger charge is -2.27. The minimum Gasteiger partial charge on any atom is -0.447 e. The van der Waals surface area contributed by atoms with Crippen molar-refractivity contribution in [3.63, 3.8) is 0 Å². The first kappa shape index (κ1) is 28.4. The van der Waals surface area contributed by atoms with Crippen molar-refractivity contribution in [1.29, 1.82) is 0 Å². The highest BCUT2D eigenvalue weighted by Crippen LogP contribution is 2.10. The van der Waals surface area contributed by atoms with Crippen LogP contribution in [0.3, 0.4) is 0 Å². The van der Waals surface area contributed by atoms with Crippen LogP contribution in [0.2, 0.25) is 0 Å². The van der Waals surface area contributed by atoms with Crippen molar-refractivity contribution in [2.24, 2.45) is 5.92 Å². The lowest BCUT2D eigenvalue weighted by molar-refractivity contribution is -0.132. The van der Waals surface area contributed by atoms with E-state index in [1.54, 1.807) is 0 Å². The molecule has 0 aliphatic carbocycles. The molecule has 0 heterocycles. The average molecular weight is 466 g/mol. The van der Waals surface area contributed by atoms with Gasteiger partial charge in [-0.05, 0) is 30.7 Å². The summed E-state index contributed by atoms with van der Waals surface area (Å²) in [6.45, 7) is 6.61. The number of rotatable bonds is 15. The van der Waals surface area contributed by atoms with Crippen LogP contribution < -0.4 is 16.0 Å². The molecule has 1 aromatic carbocycles. The summed E-state index contributed by atoms with van der Waals surface area (Å²) in [6.07, 6.45) is 0.136. The Bertz CT molecular complexity index is 713. The molecule has 0 saturated carbocycles. The van der Waals surface area contributed by atoms with Crippen LogP contribution in [0.1, 0.15) is 45.6 Å². The number of methoxy groups -OCH3 is 1. The van der Waals surface area contributed by atoms with Crippen molar-refractivity contribution in [2.75, 3.05) is 26.9 Å². The maximum atomic E-state index is 13.1. The number of benzene rings is 1. The number of amides is 3. The summed E-state index contributed by atoms with van der Waals surface area (Å²) >= 11 is 0. The van der Waals surface area contributed by atoms with Crippen LogP contribution in [0.4, 0.5) is 4.79 Å². The van der Waals surface area contributed by atoms with Crippen LogP contribution in [0.5, 0.6) is 0 Å². The van der Waals surface area contributed by atoms with Gasteiger partial charge in [-0.1, -0.05) is 57.5 Å². The normalized spacial score (nSPS) is 13.6. The van der Waals surface area contributed by atoms with Crippen molar-refractivity contribution in [3.05, 3.63) is 35.9 Å². The fourth-order valence-corrected chi connectivity index (χ4v) is 3.17. The number of ether oxygens (including phenoxy) is 2. The maximum absolute atomic E-state index is 13.1. The molecule has 0 aromatic heterocycles. The quantitative estimate of drug-likeness (QED) is 0.293. The standard InChI is InChI=1S/C24H39N3O6/c1-5-6-12-25-23(30)21(28)19(16-18-10-8-7-9-11-18)26-22(29)20(15-17(2)3)27-24(31)33-14-13-32-4/h7-11,17,19-21,28H,5-6,12-16H2,1-4H3,(H,25,30)(H,26,29)(H,27,31). The van der Waals surface area contributed by atoms with Gasteiger partial charge >= 0.3 is 6.09 Å². The first-order valence-electron chi connectivity index (χ1n) is 11.5. The molecule has 0 fully saturated rings. The van der Waals surface area contributed by atoms with E-state index in [2.05, 4.69) is 16.0 Å². The van der Waals surface area contributed by atoms with Crippen molar-refractivity contribution in [3.8, 4) is 0 Å². The topological polar surface area (TPSA) is 126 Å². The summed E-state index contributed by atoms with van der Waals surface area (Å²) in [6, 6.07) is 7.52. The van der Waals surface area contributed by atoms with Gasteiger partial charge in [0.05, 0.1) is 12.6 Å². The summed E-state index contributed by atoms with van der Waals surface area (Å²) in [4.78, 5) is 37.7. The smallest absolute Gasteiger partial charge is 0.407 e. The van der Waals surface area contributed by atoms with E-state index < -0.39 is 36.1 Å². The third-order valence-electron chi connectivity index (χ3n) is 4.94. The number of hydrogen-bond donors (Lipinski definition) is 4. The fourth-order valence-electron chi connectivity index (χ4n) is 3.17. The van der Waals surface area contributed by atoms with Crippen LogP contribution >= 0.6 is 0 Å². The molecule has 1 aromatic rings. The van der Waals surface area contributed by atoms with Gasteiger partial charge in [0.25, 0.3) is 5.91 Å². The zero-order chi connectivity index (χ0) is 24.6. The summed E-state index contributed by atoms with van der Waals surface area (Å²) in [5.41, 5.74) is 0.857. The number of aliphatic hydroxyl groups is 1. The zero-order valence-corrected chi connectivity index (χ0v) is 20.1. The number of carbonyl (C=O) groups is 3. The van der Waals surface area contributed by atoms with E-state index >= 15 is 0 Å². The van der Waals surface area contributed by atoms with Gasteiger partial charge in [0.1, 0.15) is 12.6 Å². The van der Waals surface area contributed by atoms with Crippen molar-refractivity contribution in [2.45, 2.75) is 64.6 Å². The molecule has 0 radical (unpaired) electrons. The van der Waals surface area contributed by atoms with Gasteiger partial charge in [-0.15, -0.1) is 0 Å². The Morgan fingerprint density at radius 3 is 2.33 bits per heavy atom. The van der Waals surface area contributed by atoms with Gasteiger partial charge in [-0.25, -0.2) is 4.79 Å². The van der Waals surface area contributed by atoms with Gasteiger partial charge in [-0.2, -0.15) is 0 Å². The Kier molecular flexibility index (Phi) is 13.8. The summed E-state index contributed by atoms with van der Waals surface area (Å²) in [7, 11) is 1.49. The third kappa shape index (κ3) is 11.7. The van der Waals surface area contributed by atoms with E-state index in [-0.39, 0.29) is 25.6 Å². The highest BCUT2D eigenvalue weighted by Gasteiger charge is 2.31. The van der Waals surface area contributed by atoms with Crippen molar-refractivity contribution >= 4 is 17.9 Å². The zero-order valence-electron chi connectivity index (χ0n) is 20.1. The van der Waals surface area contributed by atoms with E-state index in [4.69, 9.17) is 9.47 Å². The van der Waals surface area contributed by atoms with E-state index in [0.717, 1.165) is 18.4 Å². The second-order valence-electron chi connectivity index (χ2n) is 8.35. The van der Waals surface area contributed by atoms with E-state index in [0.29, 0.717) is 13.0 Å². The lowest BCUT2D eigenvalue weighted by Crippen LogP contribution is -2.56. The molecule has 3 amide bonds. The molecule has 3 atom stereocenters. The molecule has 4 N–H and O–H groups in total. The SMILES string of the molecule is CCCCNC(=O)C(O)C(Cc1ccccc1)NC(=O)C(CC(C)C)NC(=O)OCCOC.